The van der Waals surface area contributed by atoms with Gasteiger partial charge in [-0.1, -0.05) is 17.7 Å². The summed E-state index contributed by atoms with van der Waals surface area (Å²) in [6.45, 7) is 4.62. The number of anilines is 2. The van der Waals surface area contributed by atoms with Gasteiger partial charge < -0.3 is 24.7 Å². The molecule has 1 saturated heterocycles. The number of aromatic amines is 1. The minimum absolute atomic E-state index is 0.173. The summed E-state index contributed by atoms with van der Waals surface area (Å²) in [7, 11) is 2.95. The first-order valence-corrected chi connectivity index (χ1v) is 11.1. The molecule has 9 heteroatoms. The van der Waals surface area contributed by atoms with Crippen LogP contribution in [-0.2, 0) is 9.53 Å². The lowest BCUT2D eigenvalue weighted by Gasteiger charge is -2.41. The number of nitrogens with one attached hydrogen (secondary N) is 2. The van der Waals surface area contributed by atoms with Gasteiger partial charge in [-0.25, -0.2) is 4.79 Å². The first kappa shape index (κ1) is 22.9. The van der Waals surface area contributed by atoms with E-state index in [0.717, 1.165) is 31.1 Å². The van der Waals surface area contributed by atoms with Crippen molar-refractivity contribution in [2.24, 2.45) is 0 Å². The van der Waals surface area contributed by atoms with Crippen molar-refractivity contribution in [2.45, 2.75) is 13.0 Å². The number of esters is 1. The van der Waals surface area contributed by atoms with Gasteiger partial charge in [0.05, 0.1) is 31.5 Å². The maximum absolute atomic E-state index is 12.9. The van der Waals surface area contributed by atoms with Crippen LogP contribution >= 0.6 is 11.6 Å². The number of carbonyl (C=O) groups is 2. The van der Waals surface area contributed by atoms with Crippen molar-refractivity contribution in [1.29, 1.82) is 0 Å². The van der Waals surface area contributed by atoms with Gasteiger partial charge in [-0.3, -0.25) is 9.69 Å². The van der Waals surface area contributed by atoms with Gasteiger partial charge >= 0.3 is 5.97 Å². The highest BCUT2D eigenvalue weighted by Gasteiger charge is 2.27. The van der Waals surface area contributed by atoms with E-state index in [1.165, 1.54) is 7.11 Å². The number of nitrogens with zero attached hydrogens (tertiary/aromatic N) is 2. The number of H-pyrrole nitrogens is 1. The summed E-state index contributed by atoms with van der Waals surface area (Å²) >= 11 is 6.36. The zero-order chi connectivity index (χ0) is 23.5. The Morgan fingerprint density at radius 2 is 1.91 bits per heavy atom. The average molecular weight is 471 g/mol. The second kappa shape index (κ2) is 9.72. The molecule has 2 aromatic carbocycles. The maximum atomic E-state index is 12.9. The molecule has 0 aliphatic carbocycles. The molecule has 4 rings (SSSR count). The quantitative estimate of drug-likeness (QED) is 0.533. The maximum Gasteiger partial charge on any atom is 0.356 e. The molecule has 33 heavy (non-hydrogen) atoms. The smallest absolute Gasteiger partial charge is 0.356 e. The van der Waals surface area contributed by atoms with Gasteiger partial charge in [-0.05, 0) is 43.3 Å². The SMILES string of the molecule is COC(=O)c1[nH]c2cccc(Cl)c2c1NC(=O)CN1CCN(c2ccc(OC)cc2)C(C)C1. The number of methoxy groups -OCH3 is 2. The number of piperazine rings is 1. The van der Waals surface area contributed by atoms with Crippen LogP contribution in [0.25, 0.3) is 10.9 Å². The van der Waals surface area contributed by atoms with Gasteiger partial charge in [0.1, 0.15) is 11.4 Å². The lowest BCUT2D eigenvalue weighted by atomic mass is 10.1. The zero-order valence-electron chi connectivity index (χ0n) is 18.9. The largest absolute Gasteiger partial charge is 0.497 e. The summed E-state index contributed by atoms with van der Waals surface area (Å²) in [6.07, 6.45) is 0. The van der Waals surface area contributed by atoms with Crippen molar-refractivity contribution < 1.29 is 19.1 Å². The van der Waals surface area contributed by atoms with E-state index >= 15 is 0 Å². The van der Waals surface area contributed by atoms with Crippen LogP contribution in [-0.4, -0.2) is 68.2 Å². The van der Waals surface area contributed by atoms with Gasteiger partial charge in [0.2, 0.25) is 5.91 Å². The Bertz CT molecular complexity index is 1160. The Labute approximate surface area is 197 Å². The number of hydrogen-bond donors (Lipinski definition) is 2. The van der Waals surface area contributed by atoms with Crippen molar-refractivity contribution in [3.63, 3.8) is 0 Å². The van der Waals surface area contributed by atoms with E-state index in [1.54, 1.807) is 25.3 Å². The van der Waals surface area contributed by atoms with Gasteiger partial charge in [0.25, 0.3) is 0 Å². The Hall–Kier alpha value is -3.23. The van der Waals surface area contributed by atoms with E-state index in [0.29, 0.717) is 21.6 Å². The fourth-order valence-corrected chi connectivity index (χ4v) is 4.57. The minimum Gasteiger partial charge on any atom is -0.497 e. The minimum atomic E-state index is -0.570. The molecule has 1 fully saturated rings. The average Bonchev–Trinajstić information content (AvgIpc) is 3.18. The predicted molar refractivity (Wildman–Crippen MR) is 130 cm³/mol. The summed E-state index contributed by atoms with van der Waals surface area (Å²) < 4.78 is 10.1. The molecule has 0 radical (unpaired) electrons. The molecule has 0 saturated carbocycles. The third-order valence-corrected chi connectivity index (χ3v) is 6.23. The highest BCUT2D eigenvalue weighted by atomic mass is 35.5. The van der Waals surface area contributed by atoms with E-state index in [9.17, 15) is 9.59 Å². The van der Waals surface area contributed by atoms with Gasteiger partial charge in [-0.2, -0.15) is 0 Å². The van der Waals surface area contributed by atoms with Crippen LogP contribution < -0.4 is 15.0 Å². The highest BCUT2D eigenvalue weighted by molar-refractivity contribution is 6.37. The van der Waals surface area contributed by atoms with Crippen molar-refractivity contribution in [1.82, 2.24) is 9.88 Å². The number of rotatable bonds is 6. The second-order valence-corrected chi connectivity index (χ2v) is 8.46. The lowest BCUT2D eigenvalue weighted by molar-refractivity contribution is -0.117. The Balaban J connectivity index is 1.45. The van der Waals surface area contributed by atoms with Crippen LogP contribution in [0.4, 0.5) is 11.4 Å². The number of carbonyl (C=O) groups excluding carboxylic acids is 2. The number of ether oxygens (including phenoxy) is 2. The molecule has 0 spiro atoms. The van der Waals surface area contributed by atoms with Crippen molar-refractivity contribution in [2.75, 3.05) is 50.6 Å². The molecule has 2 N–H and O–H groups in total. The fraction of sp³-hybridized carbons (Fsp3) is 0.333. The standard InChI is InChI=1S/C24H27ClN4O4/c1-15-13-28(11-12-29(15)16-7-9-17(32-2)10-8-16)14-20(30)27-22-21-18(25)5-4-6-19(21)26-23(22)24(31)33-3/h4-10,15,26H,11-14H2,1-3H3,(H,27,30). The summed E-state index contributed by atoms with van der Waals surface area (Å²) in [5.74, 6) is 0.0378. The number of fused-ring (bicyclic) bond motifs is 1. The van der Waals surface area contributed by atoms with E-state index < -0.39 is 5.97 Å². The van der Waals surface area contributed by atoms with Crippen molar-refractivity contribution in [3.05, 3.63) is 53.2 Å². The Kier molecular flexibility index (Phi) is 6.76. The summed E-state index contributed by atoms with van der Waals surface area (Å²) in [6, 6.07) is 13.5. The summed E-state index contributed by atoms with van der Waals surface area (Å²) in [5, 5.41) is 3.91. The molecule has 0 bridgehead atoms. The van der Waals surface area contributed by atoms with E-state index in [4.69, 9.17) is 21.1 Å². The van der Waals surface area contributed by atoms with Crippen LogP contribution in [0.3, 0.4) is 0 Å². The van der Waals surface area contributed by atoms with Gasteiger partial charge in [0.15, 0.2) is 0 Å². The predicted octanol–water partition coefficient (Wildman–Crippen LogP) is 3.77. The molecule has 174 valence electrons. The molecular weight excluding hydrogens is 444 g/mol. The molecular formula is C24H27ClN4O4. The molecule has 3 aromatic rings. The van der Waals surface area contributed by atoms with Crippen LogP contribution in [0, 0.1) is 0 Å². The molecule has 1 aromatic heterocycles. The van der Waals surface area contributed by atoms with Crippen LogP contribution in [0.1, 0.15) is 17.4 Å². The van der Waals surface area contributed by atoms with Crippen molar-refractivity contribution >= 4 is 45.8 Å². The molecule has 1 unspecified atom stereocenters. The zero-order valence-corrected chi connectivity index (χ0v) is 19.6. The molecule has 1 amide bonds. The molecule has 1 atom stereocenters. The molecule has 1 aliphatic heterocycles. The van der Waals surface area contributed by atoms with Crippen LogP contribution in [0.15, 0.2) is 42.5 Å². The van der Waals surface area contributed by atoms with Crippen LogP contribution in [0.2, 0.25) is 5.02 Å². The van der Waals surface area contributed by atoms with E-state index in [-0.39, 0.29) is 24.2 Å². The van der Waals surface area contributed by atoms with Gasteiger partial charge in [-0.15, -0.1) is 0 Å². The number of amides is 1. The normalized spacial score (nSPS) is 16.6. The van der Waals surface area contributed by atoms with Gasteiger partial charge in [0, 0.05) is 42.3 Å². The summed E-state index contributed by atoms with van der Waals surface area (Å²) in [4.78, 5) is 32.6. The van der Waals surface area contributed by atoms with Crippen LogP contribution in [0.5, 0.6) is 5.75 Å². The third kappa shape index (κ3) is 4.77. The highest BCUT2D eigenvalue weighted by Crippen LogP contribution is 2.34. The topological polar surface area (TPSA) is 86.9 Å². The first-order valence-electron chi connectivity index (χ1n) is 10.7. The summed E-state index contributed by atoms with van der Waals surface area (Å²) in [5.41, 5.74) is 2.30. The fourth-order valence-electron chi connectivity index (χ4n) is 4.30. The lowest BCUT2D eigenvalue weighted by Crippen LogP contribution is -2.53. The molecule has 8 nitrogen and oxygen atoms in total. The number of hydrogen-bond acceptors (Lipinski definition) is 6. The Morgan fingerprint density at radius 3 is 2.58 bits per heavy atom. The number of aromatic nitrogens is 1. The van der Waals surface area contributed by atoms with E-state index in [1.807, 2.05) is 24.3 Å². The Morgan fingerprint density at radius 1 is 1.15 bits per heavy atom. The van der Waals surface area contributed by atoms with E-state index in [2.05, 4.69) is 27.0 Å². The molecule has 2 heterocycles. The second-order valence-electron chi connectivity index (χ2n) is 8.05. The van der Waals surface area contributed by atoms with Crippen molar-refractivity contribution in [3.8, 4) is 5.75 Å². The molecule has 1 aliphatic rings. The monoisotopic (exact) mass is 470 g/mol. The number of benzene rings is 2. The number of halogens is 1. The third-order valence-electron chi connectivity index (χ3n) is 5.91. The first-order chi connectivity index (χ1) is 15.9.